The highest BCUT2D eigenvalue weighted by molar-refractivity contribution is 6.32. The Morgan fingerprint density at radius 1 is 1.26 bits per heavy atom. The van der Waals surface area contributed by atoms with Crippen LogP contribution in [0.3, 0.4) is 0 Å². The second-order valence-corrected chi connectivity index (χ2v) is 5.77. The van der Waals surface area contributed by atoms with E-state index in [1.807, 2.05) is 12.1 Å². The molecule has 96 valence electrons. The minimum absolute atomic E-state index is 0.108. The van der Waals surface area contributed by atoms with E-state index in [0.717, 1.165) is 17.1 Å². The maximum Gasteiger partial charge on any atom is 0.213 e. The monoisotopic (exact) mass is 253 g/mol. The number of aromatic nitrogens is 3. The summed E-state index contributed by atoms with van der Waals surface area (Å²) >= 11 is 0. The number of nitrogens with one attached hydrogen (secondary N) is 1. The molecule has 0 fully saturated rings. The highest BCUT2D eigenvalue weighted by Crippen LogP contribution is 2.37. The van der Waals surface area contributed by atoms with Crippen molar-refractivity contribution in [3.63, 3.8) is 0 Å². The molecular formula is C15H15N3O. The largest absolute Gasteiger partial charge is 0.341 e. The fraction of sp³-hybridized carbons (Fsp3) is 0.267. The molecule has 2 aromatic heterocycles. The van der Waals surface area contributed by atoms with Gasteiger partial charge < -0.3 is 4.98 Å². The molecule has 0 aliphatic heterocycles. The van der Waals surface area contributed by atoms with Gasteiger partial charge in [-0.3, -0.25) is 9.78 Å². The van der Waals surface area contributed by atoms with Gasteiger partial charge in [-0.2, -0.15) is 0 Å². The number of nitrogens with zero attached hydrogens (tertiary/aromatic N) is 2. The number of pyridine rings is 1. The number of fused-ring (bicyclic) bond motifs is 3. The zero-order chi connectivity index (χ0) is 13.8. The van der Waals surface area contributed by atoms with E-state index >= 15 is 0 Å². The zero-order valence-corrected chi connectivity index (χ0v) is 11.2. The van der Waals surface area contributed by atoms with Crippen molar-refractivity contribution in [1.29, 1.82) is 0 Å². The summed E-state index contributed by atoms with van der Waals surface area (Å²) < 4.78 is 0. The molecule has 19 heavy (non-hydrogen) atoms. The summed E-state index contributed by atoms with van der Waals surface area (Å²) in [6.07, 6.45) is 1.62. The van der Waals surface area contributed by atoms with E-state index in [1.54, 1.807) is 6.20 Å². The number of Topliss-reactive ketones (excluding diaryl/α,β-unsaturated/α-hetero) is 1. The maximum absolute atomic E-state index is 12.2. The highest BCUT2D eigenvalue weighted by atomic mass is 16.1. The molecule has 0 spiro atoms. The van der Waals surface area contributed by atoms with Crippen molar-refractivity contribution in [3.05, 3.63) is 42.1 Å². The molecule has 0 bridgehead atoms. The molecule has 0 atom stereocenters. The summed E-state index contributed by atoms with van der Waals surface area (Å²) in [4.78, 5) is 24.3. The molecule has 4 nitrogen and oxygen atoms in total. The number of imidazole rings is 1. The predicted octanol–water partition coefficient (Wildman–Crippen LogP) is 2.98. The van der Waals surface area contributed by atoms with Crippen LogP contribution in [0.2, 0.25) is 0 Å². The van der Waals surface area contributed by atoms with Crippen molar-refractivity contribution >= 4 is 11.4 Å². The second-order valence-electron chi connectivity index (χ2n) is 5.77. The third kappa shape index (κ3) is 1.63. The highest BCUT2D eigenvalue weighted by Gasteiger charge is 2.32. The Labute approximate surface area is 111 Å². The van der Waals surface area contributed by atoms with Gasteiger partial charge in [0.05, 0.1) is 11.4 Å². The first-order chi connectivity index (χ1) is 8.89. The summed E-state index contributed by atoms with van der Waals surface area (Å²) in [5.74, 6) is 0.707. The van der Waals surface area contributed by atoms with Crippen LogP contribution in [0.25, 0.3) is 16.8 Å². The lowest BCUT2D eigenvalue weighted by Crippen LogP contribution is -2.13. The van der Waals surface area contributed by atoms with E-state index in [2.05, 4.69) is 42.3 Å². The van der Waals surface area contributed by atoms with Crippen molar-refractivity contribution < 1.29 is 4.79 Å². The molecule has 0 saturated carbocycles. The van der Waals surface area contributed by atoms with E-state index in [-0.39, 0.29) is 11.2 Å². The maximum atomic E-state index is 12.2. The van der Waals surface area contributed by atoms with Crippen LogP contribution in [-0.2, 0) is 5.41 Å². The van der Waals surface area contributed by atoms with Gasteiger partial charge in [0.1, 0.15) is 11.5 Å². The summed E-state index contributed by atoms with van der Waals surface area (Å²) in [6, 6.07) is 3.71. The van der Waals surface area contributed by atoms with Crippen LogP contribution in [0, 0.1) is 0 Å². The predicted molar refractivity (Wildman–Crippen MR) is 73.9 cm³/mol. The molecule has 0 aromatic carbocycles. The molecule has 0 amide bonds. The average Bonchev–Trinajstić information content (AvgIpc) is 2.81. The molecule has 1 aliphatic carbocycles. The van der Waals surface area contributed by atoms with Crippen LogP contribution in [0.5, 0.6) is 0 Å². The number of rotatable bonds is 0. The van der Waals surface area contributed by atoms with Crippen LogP contribution in [-0.4, -0.2) is 20.7 Å². The van der Waals surface area contributed by atoms with Crippen molar-refractivity contribution in [1.82, 2.24) is 15.0 Å². The standard InChI is InChI=1S/C15H15N3O/c1-8-10-11(18-14(17-10)15(2,3)4)9-6-5-7-16-12(9)13(8)19/h5-7H,1H2,2-4H3,(H,17,18). The van der Waals surface area contributed by atoms with Crippen molar-refractivity contribution in [3.8, 4) is 11.3 Å². The first kappa shape index (κ1) is 11.8. The van der Waals surface area contributed by atoms with Gasteiger partial charge in [0.2, 0.25) is 5.78 Å². The van der Waals surface area contributed by atoms with Gasteiger partial charge in [-0.05, 0) is 12.1 Å². The van der Waals surface area contributed by atoms with E-state index < -0.39 is 0 Å². The number of ketones is 1. The molecule has 0 radical (unpaired) electrons. The summed E-state index contributed by atoms with van der Waals surface area (Å²) in [6.45, 7) is 10.1. The fourth-order valence-electron chi connectivity index (χ4n) is 2.18. The van der Waals surface area contributed by atoms with E-state index in [9.17, 15) is 4.79 Å². The zero-order valence-electron chi connectivity index (χ0n) is 11.2. The van der Waals surface area contributed by atoms with Crippen molar-refractivity contribution in [2.24, 2.45) is 0 Å². The molecule has 0 unspecified atom stereocenters. The molecule has 3 rings (SSSR count). The van der Waals surface area contributed by atoms with Crippen LogP contribution >= 0.6 is 0 Å². The number of carbonyl (C=O) groups excluding carboxylic acids is 1. The van der Waals surface area contributed by atoms with E-state index in [0.29, 0.717) is 17.0 Å². The van der Waals surface area contributed by atoms with Gasteiger partial charge >= 0.3 is 0 Å². The molecule has 1 N–H and O–H groups in total. The van der Waals surface area contributed by atoms with Crippen LogP contribution in [0.4, 0.5) is 0 Å². The Morgan fingerprint density at radius 3 is 2.68 bits per heavy atom. The lowest BCUT2D eigenvalue weighted by molar-refractivity contribution is 0.105. The molecule has 4 heteroatoms. The Morgan fingerprint density at radius 2 is 2.00 bits per heavy atom. The van der Waals surface area contributed by atoms with Gasteiger partial charge in [-0.1, -0.05) is 27.4 Å². The fourth-order valence-corrected chi connectivity index (χ4v) is 2.18. The molecule has 2 heterocycles. The average molecular weight is 253 g/mol. The third-order valence-electron chi connectivity index (χ3n) is 3.27. The van der Waals surface area contributed by atoms with Gasteiger partial charge in [0, 0.05) is 22.7 Å². The minimum atomic E-state index is -0.143. The van der Waals surface area contributed by atoms with E-state index in [4.69, 9.17) is 0 Å². The Bertz CT molecular complexity index is 704. The normalized spacial score (nSPS) is 14.3. The number of hydrogen-bond acceptors (Lipinski definition) is 3. The molecule has 0 saturated heterocycles. The van der Waals surface area contributed by atoms with Gasteiger partial charge in [0.15, 0.2) is 0 Å². The third-order valence-corrected chi connectivity index (χ3v) is 3.27. The SMILES string of the molecule is C=C1C(=O)c2ncccc2-c2[nH]c(C(C)(C)C)nc21. The number of aromatic amines is 1. The number of allylic oxidation sites excluding steroid dienone is 1. The first-order valence-corrected chi connectivity index (χ1v) is 6.19. The summed E-state index contributed by atoms with van der Waals surface area (Å²) in [7, 11) is 0. The topological polar surface area (TPSA) is 58.6 Å². The van der Waals surface area contributed by atoms with Gasteiger partial charge in [0.25, 0.3) is 0 Å². The second kappa shape index (κ2) is 3.63. The summed E-state index contributed by atoms with van der Waals surface area (Å²) in [5.41, 5.74) is 3.05. The lowest BCUT2D eigenvalue weighted by Gasteiger charge is -2.14. The Kier molecular flexibility index (Phi) is 2.26. The van der Waals surface area contributed by atoms with Crippen molar-refractivity contribution in [2.45, 2.75) is 26.2 Å². The van der Waals surface area contributed by atoms with Crippen LogP contribution in [0.15, 0.2) is 24.9 Å². The number of carbonyl (C=O) groups is 1. The van der Waals surface area contributed by atoms with Gasteiger partial charge in [-0.25, -0.2) is 4.98 Å². The molecule has 2 aromatic rings. The van der Waals surface area contributed by atoms with Crippen LogP contribution < -0.4 is 0 Å². The van der Waals surface area contributed by atoms with Crippen LogP contribution in [0.1, 0.15) is 42.8 Å². The quantitative estimate of drug-likeness (QED) is 0.734. The first-order valence-electron chi connectivity index (χ1n) is 6.19. The number of H-pyrrole nitrogens is 1. The molecular weight excluding hydrogens is 238 g/mol. The Balaban J connectivity index is 2.30. The molecule has 1 aliphatic rings. The summed E-state index contributed by atoms with van der Waals surface area (Å²) in [5, 5.41) is 0. The number of hydrogen-bond donors (Lipinski definition) is 1. The van der Waals surface area contributed by atoms with E-state index in [1.165, 1.54) is 0 Å². The smallest absolute Gasteiger partial charge is 0.213 e. The Hall–Kier alpha value is -2.23. The van der Waals surface area contributed by atoms with Gasteiger partial charge in [-0.15, -0.1) is 0 Å². The lowest BCUT2D eigenvalue weighted by atomic mass is 9.92. The van der Waals surface area contributed by atoms with Crippen molar-refractivity contribution in [2.75, 3.05) is 0 Å². The minimum Gasteiger partial charge on any atom is -0.341 e.